The Bertz CT molecular complexity index is 2550. The lowest BCUT2D eigenvalue weighted by Crippen LogP contribution is -2.51. The van der Waals surface area contributed by atoms with Gasteiger partial charge in [-0.05, 0) is 94.9 Å². The number of aliphatic hydroxyl groups excluding tert-OH is 6. The van der Waals surface area contributed by atoms with E-state index in [1.807, 2.05) is 13.8 Å². The quantitative estimate of drug-likeness (QED) is 0.0593. The summed E-state index contributed by atoms with van der Waals surface area (Å²) in [6.07, 6.45) is -1.74. The molecule has 6 N–H and O–H groups in total. The summed E-state index contributed by atoms with van der Waals surface area (Å²) in [6, 6.07) is 0. The van der Waals surface area contributed by atoms with Crippen molar-refractivity contribution in [3.63, 3.8) is 0 Å². The zero-order valence-electron chi connectivity index (χ0n) is 68.6. The highest BCUT2D eigenvalue weighted by molar-refractivity contribution is 5.81. The van der Waals surface area contributed by atoms with Gasteiger partial charge in [0, 0.05) is 44.9 Å². The number of hydrogen-bond donors (Lipinski definition) is 6. The second-order valence-corrected chi connectivity index (χ2v) is 31.2. The van der Waals surface area contributed by atoms with Crippen LogP contribution < -0.4 is 0 Å². The van der Waals surface area contributed by atoms with Crippen LogP contribution in [0.15, 0.2) is 0 Å². The molecule has 0 saturated carbocycles. The third-order valence-electron chi connectivity index (χ3n) is 19.9. The van der Waals surface area contributed by atoms with E-state index in [4.69, 9.17) is 104 Å². The molecule has 0 aliphatic carbocycles. The van der Waals surface area contributed by atoms with Crippen molar-refractivity contribution in [3.05, 3.63) is 0 Å². The molecular formula is C77H132O35. The largest absolute Gasteiger partial charge is 0.466 e. The van der Waals surface area contributed by atoms with Crippen LogP contribution in [0.25, 0.3) is 0 Å². The van der Waals surface area contributed by atoms with Gasteiger partial charge in [-0.25, -0.2) is 0 Å². The highest BCUT2D eigenvalue weighted by Crippen LogP contribution is 2.40. The molecule has 2 unspecified atom stereocenters. The SMILES string of the molecule is CC(C)CC1(C)OC[C@@H]2OC[C@@H](O)[C@@H]2O1.CC(C)CC1(C)OC[C@H]2OC[C@H](O)[C@H]2O1.CCOC(=O)CCC(C)=O.CCOC(=O)CC[C@@]1(C)OC[C@@H]2OC[C@@H](O)[C@@H]2O1.CCOC(=O)CC[C@@]1(C)OC[C@H]2OC[C@H](O)[C@H]2O1.CCOC(=O)CC[C@]1(C)OC[C@@H]2OC[C@@H](O)[C@@H]2O1.CCOC(=O)CC[C@]1(C)OC[C@H]2OC[C@H](O)[C@H]2O1. The number of aliphatic hydroxyl groups is 6. The number of ether oxygens (including phenoxy) is 23. The van der Waals surface area contributed by atoms with Crippen LogP contribution in [0.4, 0.5) is 0 Å². The number of fused-ring (bicyclic) bond motifs is 6. The van der Waals surface area contributed by atoms with Gasteiger partial charge >= 0.3 is 29.8 Å². The third kappa shape index (κ3) is 31.1. The van der Waals surface area contributed by atoms with Crippen molar-refractivity contribution in [2.75, 3.05) is 112 Å². The summed E-state index contributed by atoms with van der Waals surface area (Å²) in [6.45, 7) is 36.0. The Morgan fingerprint density at radius 3 is 0.652 bits per heavy atom. The molecule has 35 heteroatoms. The summed E-state index contributed by atoms with van der Waals surface area (Å²) in [5, 5.41) is 58.3. The van der Waals surface area contributed by atoms with E-state index in [1.54, 1.807) is 62.3 Å². The molecule has 112 heavy (non-hydrogen) atoms. The second-order valence-electron chi connectivity index (χ2n) is 31.2. The number of carbonyl (C=O) groups excluding carboxylic acids is 6. The van der Waals surface area contributed by atoms with Crippen LogP contribution in [0, 0.1) is 11.8 Å². The average Bonchev–Trinajstić information content (AvgIpc) is 1.63. The summed E-state index contributed by atoms with van der Waals surface area (Å²) < 4.78 is 124. The molecule has 0 bridgehead atoms. The van der Waals surface area contributed by atoms with Crippen molar-refractivity contribution in [1.29, 1.82) is 0 Å². The lowest BCUT2D eigenvalue weighted by Gasteiger charge is -2.41. The van der Waals surface area contributed by atoms with Crippen LogP contribution >= 0.6 is 0 Å². The topological polar surface area (TPSA) is 436 Å². The Morgan fingerprint density at radius 1 is 0.295 bits per heavy atom. The first-order chi connectivity index (χ1) is 52.8. The normalized spacial score (nSPS) is 38.4. The zero-order valence-corrected chi connectivity index (χ0v) is 68.6. The molecule has 650 valence electrons. The average molecular weight is 1620 g/mol. The number of hydrogen-bond acceptors (Lipinski definition) is 35. The van der Waals surface area contributed by atoms with Gasteiger partial charge in [0.15, 0.2) is 34.7 Å². The van der Waals surface area contributed by atoms with E-state index in [2.05, 4.69) is 32.4 Å². The molecule has 0 spiro atoms. The minimum atomic E-state index is -0.859. The van der Waals surface area contributed by atoms with E-state index in [0.29, 0.717) is 130 Å². The van der Waals surface area contributed by atoms with Gasteiger partial charge in [-0.1, -0.05) is 27.7 Å². The second kappa shape index (κ2) is 45.9. The number of esters is 5. The summed E-state index contributed by atoms with van der Waals surface area (Å²) >= 11 is 0. The Hall–Kier alpha value is -3.94. The van der Waals surface area contributed by atoms with E-state index in [9.17, 15) is 59.4 Å². The minimum absolute atomic E-state index is 0.0213. The standard InChI is InChI=1S/4C12H20O6.2C11H20O4.C7H12O3/c4*1-3-15-10(14)4-5-12(2)17-7-9-11(18-12)8(13)6-16-9;2*1-7(2)4-11(3)14-6-9-10(15-11)8(12)5-13-9;1-3-10-7(9)5-4-6(2)8/h4*8-9,11,13H,3-7H2,1-2H3;2*7-10,12H,4-6H2,1-3H3;3-5H2,1-2H3/t2*8-,9+,11+,12+;2*8-,9+,11+,12-;2*8-,9+,10+,11?;/m101010./s1. The van der Waals surface area contributed by atoms with Crippen molar-refractivity contribution in [1.82, 2.24) is 0 Å². The van der Waals surface area contributed by atoms with E-state index in [1.165, 1.54) is 6.92 Å². The fourth-order valence-electron chi connectivity index (χ4n) is 14.2. The first-order valence-corrected chi connectivity index (χ1v) is 39.8. The fraction of sp³-hybridized carbons (Fsp3) is 0.922. The van der Waals surface area contributed by atoms with Crippen molar-refractivity contribution < 1.29 is 168 Å². The molecular weight excluding hydrogens is 1480 g/mol. The number of carbonyl (C=O) groups is 6. The lowest BCUT2D eigenvalue weighted by atomic mass is 10.0. The molecule has 0 radical (unpaired) electrons. The van der Waals surface area contributed by atoms with Gasteiger partial charge in [-0.15, -0.1) is 0 Å². The van der Waals surface area contributed by atoms with E-state index in [-0.39, 0.29) is 167 Å². The van der Waals surface area contributed by atoms with Crippen LogP contribution in [0.1, 0.15) is 188 Å². The maximum atomic E-state index is 11.3. The maximum absolute atomic E-state index is 11.3. The predicted molar refractivity (Wildman–Crippen MR) is 389 cm³/mol. The molecule has 0 aromatic rings. The first-order valence-electron chi connectivity index (χ1n) is 39.8. The lowest BCUT2D eigenvalue weighted by molar-refractivity contribution is -0.314. The molecule has 12 saturated heterocycles. The van der Waals surface area contributed by atoms with Crippen LogP contribution in [-0.2, 0) is 138 Å². The Kier molecular flexibility index (Phi) is 39.7. The zero-order chi connectivity index (χ0) is 82.8. The minimum Gasteiger partial charge on any atom is -0.466 e. The van der Waals surface area contributed by atoms with Gasteiger partial charge in [-0.3, -0.25) is 24.0 Å². The molecule has 12 aliphatic heterocycles. The number of Topliss-reactive ketones (excluding diaryl/α,β-unsaturated/α-hetero) is 1. The molecule has 0 aromatic heterocycles. The smallest absolute Gasteiger partial charge is 0.306 e. The third-order valence-corrected chi connectivity index (χ3v) is 19.9. The molecule has 12 heterocycles. The highest BCUT2D eigenvalue weighted by Gasteiger charge is 2.53. The Morgan fingerprint density at radius 2 is 0.473 bits per heavy atom. The van der Waals surface area contributed by atoms with E-state index in [0.717, 1.165) is 12.8 Å². The molecule has 35 nitrogen and oxygen atoms in total. The molecule has 12 fully saturated rings. The molecule has 12 rings (SSSR count). The fourth-order valence-corrected chi connectivity index (χ4v) is 14.2. The van der Waals surface area contributed by atoms with Crippen LogP contribution in [-0.4, -0.2) is 323 Å². The van der Waals surface area contributed by atoms with Gasteiger partial charge in [0.2, 0.25) is 0 Å². The van der Waals surface area contributed by atoms with Gasteiger partial charge in [0.25, 0.3) is 0 Å². The van der Waals surface area contributed by atoms with Crippen molar-refractivity contribution >= 4 is 35.6 Å². The van der Waals surface area contributed by atoms with Gasteiger partial charge in [0.05, 0.1) is 144 Å². The molecule has 24 atom stereocenters. The molecule has 0 aromatic carbocycles. The molecule has 12 aliphatic rings. The van der Waals surface area contributed by atoms with Crippen molar-refractivity contribution in [2.45, 2.75) is 332 Å². The summed E-state index contributed by atoms with van der Waals surface area (Å²) in [7, 11) is 0. The summed E-state index contributed by atoms with van der Waals surface area (Å²) in [5.41, 5.74) is 0. The van der Waals surface area contributed by atoms with Crippen molar-refractivity contribution in [3.8, 4) is 0 Å². The molecule has 0 amide bonds. The van der Waals surface area contributed by atoms with Crippen LogP contribution in [0.3, 0.4) is 0 Å². The Labute approximate surface area is 658 Å². The number of rotatable bonds is 24. The predicted octanol–water partition coefficient (Wildman–Crippen LogP) is 3.65. The first kappa shape index (κ1) is 96.9. The van der Waals surface area contributed by atoms with Crippen LogP contribution in [0.2, 0.25) is 0 Å². The summed E-state index contributed by atoms with van der Waals surface area (Å²) in [4.78, 5) is 66.2. The Balaban J connectivity index is 0.000000205. The summed E-state index contributed by atoms with van der Waals surface area (Å²) in [5.74, 6) is -4.90. The van der Waals surface area contributed by atoms with Gasteiger partial charge < -0.3 is 144 Å². The number of ketones is 1. The highest BCUT2D eigenvalue weighted by atomic mass is 16.8. The van der Waals surface area contributed by atoms with Gasteiger partial charge in [0.1, 0.15) is 116 Å². The van der Waals surface area contributed by atoms with E-state index < -0.39 is 71.3 Å². The monoisotopic (exact) mass is 1620 g/mol. The van der Waals surface area contributed by atoms with Crippen LogP contribution in [0.5, 0.6) is 0 Å². The van der Waals surface area contributed by atoms with Crippen molar-refractivity contribution in [2.24, 2.45) is 11.8 Å². The maximum Gasteiger partial charge on any atom is 0.306 e. The van der Waals surface area contributed by atoms with E-state index >= 15 is 0 Å². The van der Waals surface area contributed by atoms with Gasteiger partial charge in [-0.2, -0.15) is 0 Å².